The summed E-state index contributed by atoms with van der Waals surface area (Å²) in [7, 11) is 0. The van der Waals surface area contributed by atoms with Gasteiger partial charge >= 0.3 is 5.97 Å². The average molecular weight is 401 g/mol. The van der Waals surface area contributed by atoms with E-state index in [9.17, 15) is 19.4 Å². The van der Waals surface area contributed by atoms with Crippen molar-refractivity contribution < 1.29 is 24.1 Å². The number of hydrogen-bond donors (Lipinski definition) is 2. The molecule has 0 fully saturated rings. The molecular formula is C23H28FNO4. The first-order chi connectivity index (χ1) is 13.7. The van der Waals surface area contributed by atoms with Crippen LogP contribution in [0.4, 0.5) is 4.39 Å². The molecule has 0 spiro atoms. The molecule has 156 valence electrons. The second kappa shape index (κ2) is 11.6. The van der Waals surface area contributed by atoms with E-state index < -0.39 is 11.8 Å². The predicted octanol–water partition coefficient (Wildman–Crippen LogP) is 5.51. The zero-order valence-electron chi connectivity index (χ0n) is 17.3. The Morgan fingerprint density at radius 1 is 1.21 bits per heavy atom. The lowest BCUT2D eigenvalue weighted by Gasteiger charge is -2.11. The number of carbonyl (C=O) groups is 1. The van der Waals surface area contributed by atoms with E-state index in [2.05, 4.69) is 11.6 Å². The first-order valence-corrected chi connectivity index (χ1v) is 9.36. The number of carboxylic acid groups (broad SMARTS) is 1. The maximum Gasteiger partial charge on any atom is 0.341 e. The predicted molar refractivity (Wildman–Crippen MR) is 115 cm³/mol. The second-order valence-corrected chi connectivity index (χ2v) is 6.39. The first-order valence-electron chi connectivity index (χ1n) is 9.36. The summed E-state index contributed by atoms with van der Waals surface area (Å²) in [5.41, 5.74) is 2.37. The number of aliphatic hydroxyl groups is 1. The fourth-order valence-electron chi connectivity index (χ4n) is 2.40. The van der Waals surface area contributed by atoms with Crippen molar-refractivity contribution in [2.45, 2.75) is 34.1 Å². The Morgan fingerprint density at radius 3 is 2.45 bits per heavy atom. The third-order valence-electron chi connectivity index (χ3n) is 4.03. The maximum absolute atomic E-state index is 13.5. The number of nitrogens with zero attached hydrogens (tertiary/aromatic N) is 1. The number of allylic oxidation sites excluding steroid dienone is 5. The number of aliphatic hydroxyl groups excluding tert-OH is 1. The molecule has 0 unspecified atom stereocenters. The Hall–Kier alpha value is -3.15. The third kappa shape index (κ3) is 7.41. The molecule has 5 nitrogen and oxygen atoms in total. The molecule has 0 radical (unpaired) electrons. The van der Waals surface area contributed by atoms with Gasteiger partial charge < -0.3 is 14.9 Å². The van der Waals surface area contributed by atoms with E-state index in [-0.39, 0.29) is 11.3 Å². The standard InChI is InChI=1S/C23H28FNO4/c1-6-10-25-14-20(23(27)28)21(26)12-16(4)15(3)11-17(5)19-9-8-18(24)13-22(19)29-7-2/h8-9,11-14,26H,5-7,10H2,1-4H3,(H,27,28)/b15-11+,16-12+,21-20-,25-14?. The van der Waals surface area contributed by atoms with E-state index in [1.807, 2.05) is 13.8 Å². The van der Waals surface area contributed by atoms with Crippen molar-refractivity contribution in [1.82, 2.24) is 0 Å². The molecule has 0 aliphatic carbocycles. The lowest BCUT2D eigenvalue weighted by molar-refractivity contribution is -0.132. The zero-order chi connectivity index (χ0) is 22.0. The molecule has 0 heterocycles. The molecule has 0 aliphatic heterocycles. The summed E-state index contributed by atoms with van der Waals surface area (Å²) in [6.07, 6.45) is 5.07. The van der Waals surface area contributed by atoms with Crippen molar-refractivity contribution in [1.29, 1.82) is 0 Å². The van der Waals surface area contributed by atoms with Crippen LogP contribution in [0, 0.1) is 5.82 Å². The van der Waals surface area contributed by atoms with Gasteiger partial charge in [0.2, 0.25) is 0 Å². The normalized spacial score (nSPS) is 13.4. The highest BCUT2D eigenvalue weighted by molar-refractivity contribution is 6.09. The van der Waals surface area contributed by atoms with E-state index in [4.69, 9.17) is 4.74 Å². The minimum absolute atomic E-state index is 0.276. The van der Waals surface area contributed by atoms with E-state index >= 15 is 0 Å². The zero-order valence-corrected chi connectivity index (χ0v) is 17.3. The lowest BCUT2D eigenvalue weighted by Crippen LogP contribution is -2.06. The Balaban J connectivity index is 3.20. The molecule has 0 atom stereocenters. The van der Waals surface area contributed by atoms with Crippen LogP contribution in [0.15, 0.2) is 64.4 Å². The number of benzene rings is 1. The minimum atomic E-state index is -1.26. The maximum atomic E-state index is 13.5. The van der Waals surface area contributed by atoms with Gasteiger partial charge in [-0.3, -0.25) is 4.99 Å². The van der Waals surface area contributed by atoms with Crippen LogP contribution in [0.25, 0.3) is 5.57 Å². The van der Waals surface area contributed by atoms with Crippen molar-refractivity contribution in [3.63, 3.8) is 0 Å². The average Bonchev–Trinajstić information content (AvgIpc) is 2.65. The Kier molecular flexibility index (Phi) is 9.59. The molecule has 29 heavy (non-hydrogen) atoms. The topological polar surface area (TPSA) is 79.1 Å². The number of aliphatic imine (C=N–C) groups is 1. The van der Waals surface area contributed by atoms with Crippen LogP contribution in [0.1, 0.15) is 39.7 Å². The van der Waals surface area contributed by atoms with Gasteiger partial charge in [0.1, 0.15) is 22.9 Å². The van der Waals surface area contributed by atoms with Gasteiger partial charge in [-0.25, -0.2) is 9.18 Å². The molecule has 0 amide bonds. The Labute approximate surface area is 171 Å². The van der Waals surface area contributed by atoms with Crippen molar-refractivity contribution in [2.75, 3.05) is 13.2 Å². The van der Waals surface area contributed by atoms with Crippen molar-refractivity contribution in [3.05, 3.63) is 70.8 Å². The van der Waals surface area contributed by atoms with Crippen LogP contribution in [0.3, 0.4) is 0 Å². The van der Waals surface area contributed by atoms with Crippen molar-refractivity contribution in [3.8, 4) is 5.75 Å². The number of ether oxygens (including phenoxy) is 1. The molecule has 0 bridgehead atoms. The summed E-state index contributed by atoms with van der Waals surface area (Å²) >= 11 is 0. The molecule has 0 saturated heterocycles. The van der Waals surface area contributed by atoms with Crippen molar-refractivity contribution >= 4 is 17.8 Å². The molecule has 0 aromatic heterocycles. The summed E-state index contributed by atoms with van der Waals surface area (Å²) < 4.78 is 19.0. The fourth-order valence-corrected chi connectivity index (χ4v) is 2.40. The highest BCUT2D eigenvalue weighted by atomic mass is 19.1. The monoisotopic (exact) mass is 401 g/mol. The molecule has 2 N–H and O–H groups in total. The van der Waals surface area contributed by atoms with Crippen LogP contribution >= 0.6 is 0 Å². The number of rotatable bonds is 10. The molecule has 1 aromatic rings. The molecule has 0 aliphatic rings. The van der Waals surface area contributed by atoms with Crippen molar-refractivity contribution in [2.24, 2.45) is 4.99 Å². The van der Waals surface area contributed by atoms with Gasteiger partial charge in [0.15, 0.2) is 0 Å². The van der Waals surface area contributed by atoms with Gasteiger partial charge in [-0.1, -0.05) is 19.6 Å². The molecule has 6 heteroatoms. The van der Waals surface area contributed by atoms with Gasteiger partial charge in [0.25, 0.3) is 0 Å². The van der Waals surface area contributed by atoms with Crippen LogP contribution in [-0.4, -0.2) is 35.5 Å². The number of aliphatic carboxylic acids is 1. The van der Waals surface area contributed by atoms with Gasteiger partial charge in [-0.15, -0.1) is 0 Å². The van der Waals surface area contributed by atoms with Crippen LogP contribution in [0.2, 0.25) is 0 Å². The first kappa shape index (κ1) is 23.9. The SMILES string of the molecule is C=C(/C=C(C)/C(C)=C/C(O)=C(\C=NCCC)C(=O)O)c1ccc(F)cc1OCC. The fraction of sp³-hybridized carbons (Fsp3) is 0.304. The third-order valence-corrected chi connectivity index (χ3v) is 4.03. The summed E-state index contributed by atoms with van der Waals surface area (Å²) in [6, 6.07) is 4.23. The smallest absolute Gasteiger partial charge is 0.341 e. The van der Waals surface area contributed by atoms with E-state index in [0.717, 1.165) is 18.2 Å². The molecular weight excluding hydrogens is 373 g/mol. The van der Waals surface area contributed by atoms with E-state index in [0.29, 0.717) is 35.6 Å². The number of carboxylic acids is 1. The lowest BCUT2D eigenvalue weighted by atomic mass is 10.00. The highest BCUT2D eigenvalue weighted by Crippen LogP contribution is 2.28. The summed E-state index contributed by atoms with van der Waals surface area (Å²) in [5.74, 6) is -1.65. The van der Waals surface area contributed by atoms with Gasteiger partial charge in [-0.05, 0) is 62.1 Å². The second-order valence-electron chi connectivity index (χ2n) is 6.39. The molecule has 1 rings (SSSR count). The van der Waals surface area contributed by atoms with Gasteiger partial charge in [-0.2, -0.15) is 0 Å². The quantitative estimate of drug-likeness (QED) is 0.235. The summed E-state index contributed by atoms with van der Waals surface area (Å²) in [6.45, 7) is 12.2. The Morgan fingerprint density at radius 2 is 1.86 bits per heavy atom. The minimum Gasteiger partial charge on any atom is -0.507 e. The molecule has 0 saturated carbocycles. The highest BCUT2D eigenvalue weighted by Gasteiger charge is 2.11. The number of hydrogen-bond acceptors (Lipinski definition) is 4. The van der Waals surface area contributed by atoms with Crippen LogP contribution in [0.5, 0.6) is 5.75 Å². The van der Waals surface area contributed by atoms with Gasteiger partial charge in [0.05, 0.1) is 6.61 Å². The van der Waals surface area contributed by atoms with Gasteiger partial charge in [0, 0.05) is 24.4 Å². The van der Waals surface area contributed by atoms with E-state index in [1.54, 1.807) is 26.0 Å². The summed E-state index contributed by atoms with van der Waals surface area (Å²) in [4.78, 5) is 15.3. The summed E-state index contributed by atoms with van der Waals surface area (Å²) in [5, 5.41) is 19.5. The van der Waals surface area contributed by atoms with Crippen LogP contribution < -0.4 is 4.74 Å². The Bertz CT molecular complexity index is 879. The largest absolute Gasteiger partial charge is 0.507 e. The molecule has 1 aromatic carbocycles. The van der Waals surface area contributed by atoms with Crippen LogP contribution in [-0.2, 0) is 4.79 Å². The number of halogens is 1. The van der Waals surface area contributed by atoms with E-state index in [1.165, 1.54) is 18.2 Å².